The zero-order valence-corrected chi connectivity index (χ0v) is 13.8. The highest BCUT2D eigenvalue weighted by Crippen LogP contribution is 2.19. The second kappa shape index (κ2) is 9.77. The minimum absolute atomic E-state index is 0.00255. The Morgan fingerprint density at radius 2 is 2.00 bits per heavy atom. The van der Waals surface area contributed by atoms with Crippen LogP contribution in [0.1, 0.15) is 52.9 Å². The van der Waals surface area contributed by atoms with E-state index >= 15 is 0 Å². The van der Waals surface area contributed by atoms with Crippen LogP contribution in [-0.4, -0.2) is 48.9 Å². The number of rotatable bonds is 9. The van der Waals surface area contributed by atoms with Crippen molar-refractivity contribution in [2.45, 2.75) is 58.9 Å². The van der Waals surface area contributed by atoms with Crippen LogP contribution in [0, 0.1) is 5.92 Å². The van der Waals surface area contributed by atoms with Crippen molar-refractivity contribution in [3.63, 3.8) is 0 Å². The van der Waals surface area contributed by atoms with Crippen molar-refractivity contribution in [1.29, 1.82) is 0 Å². The van der Waals surface area contributed by atoms with Gasteiger partial charge in [0.1, 0.15) is 6.04 Å². The Bertz CT molecular complexity index is 331. The molecule has 0 aliphatic carbocycles. The van der Waals surface area contributed by atoms with E-state index in [1.807, 2.05) is 0 Å². The van der Waals surface area contributed by atoms with Gasteiger partial charge in [0, 0.05) is 26.1 Å². The number of hydrogen-bond donors (Lipinski definition) is 2. The van der Waals surface area contributed by atoms with Gasteiger partial charge in [-0.25, -0.2) is 0 Å². The Morgan fingerprint density at radius 3 is 2.62 bits per heavy atom. The van der Waals surface area contributed by atoms with E-state index in [4.69, 9.17) is 0 Å². The normalized spacial score (nSPS) is 17.1. The molecule has 21 heavy (non-hydrogen) atoms. The number of likely N-dealkylation sites (tertiary alicyclic amines) is 1. The molecule has 1 rings (SSSR count). The Kier molecular flexibility index (Phi) is 8.35. The number of nitrogens with one attached hydrogen (secondary N) is 2. The van der Waals surface area contributed by atoms with Crippen molar-refractivity contribution >= 4 is 11.8 Å². The lowest BCUT2D eigenvalue weighted by Gasteiger charge is -2.34. The van der Waals surface area contributed by atoms with Gasteiger partial charge in [0.15, 0.2) is 0 Å². The van der Waals surface area contributed by atoms with Crippen LogP contribution in [-0.2, 0) is 9.59 Å². The van der Waals surface area contributed by atoms with Crippen molar-refractivity contribution in [2.24, 2.45) is 5.92 Å². The van der Waals surface area contributed by atoms with Crippen LogP contribution in [0.3, 0.4) is 0 Å². The van der Waals surface area contributed by atoms with Crippen LogP contribution < -0.4 is 10.6 Å². The Labute approximate surface area is 128 Å². The summed E-state index contributed by atoms with van der Waals surface area (Å²) in [6, 6.07) is -0.302. The predicted molar refractivity (Wildman–Crippen MR) is 85.0 cm³/mol. The molecule has 1 aliphatic rings. The SMILES string of the molecule is CCCNCCNC(=O)C(CC(C)C)N1CCCCC1=O. The molecule has 0 bridgehead atoms. The van der Waals surface area contributed by atoms with E-state index < -0.39 is 0 Å². The highest BCUT2D eigenvalue weighted by molar-refractivity contribution is 5.88. The van der Waals surface area contributed by atoms with Crippen LogP contribution in [0.2, 0.25) is 0 Å². The minimum atomic E-state index is -0.302. The van der Waals surface area contributed by atoms with Gasteiger partial charge in [-0.05, 0) is 38.1 Å². The summed E-state index contributed by atoms with van der Waals surface area (Å²) in [5, 5.41) is 6.23. The number of carbonyl (C=O) groups excluding carboxylic acids is 2. The molecule has 0 aromatic heterocycles. The molecule has 1 atom stereocenters. The van der Waals surface area contributed by atoms with Crippen LogP contribution in [0.25, 0.3) is 0 Å². The first-order valence-electron chi connectivity index (χ1n) is 8.34. The maximum atomic E-state index is 12.4. The minimum Gasteiger partial charge on any atom is -0.353 e. The molecule has 5 heteroatoms. The summed E-state index contributed by atoms with van der Waals surface area (Å²) in [6.45, 7) is 9.40. The fraction of sp³-hybridized carbons (Fsp3) is 0.875. The Balaban J connectivity index is 2.51. The van der Waals surface area contributed by atoms with Crippen molar-refractivity contribution in [1.82, 2.24) is 15.5 Å². The molecule has 0 aromatic carbocycles. The molecular weight excluding hydrogens is 266 g/mol. The molecule has 1 aliphatic heterocycles. The lowest BCUT2D eigenvalue weighted by atomic mass is 9.98. The van der Waals surface area contributed by atoms with E-state index in [9.17, 15) is 9.59 Å². The first-order valence-corrected chi connectivity index (χ1v) is 8.34. The molecule has 2 amide bonds. The van der Waals surface area contributed by atoms with E-state index in [0.29, 0.717) is 18.9 Å². The Hall–Kier alpha value is -1.10. The first-order chi connectivity index (χ1) is 10.1. The van der Waals surface area contributed by atoms with Crippen LogP contribution in [0.5, 0.6) is 0 Å². The van der Waals surface area contributed by atoms with Crippen molar-refractivity contribution < 1.29 is 9.59 Å². The average molecular weight is 297 g/mol. The number of piperidine rings is 1. The molecule has 1 heterocycles. The summed E-state index contributed by atoms with van der Waals surface area (Å²) >= 11 is 0. The standard InChI is InChI=1S/C16H31N3O2/c1-4-8-17-9-10-18-16(21)14(12-13(2)3)19-11-6-5-7-15(19)20/h13-14,17H,4-12H2,1-3H3,(H,18,21). The summed E-state index contributed by atoms with van der Waals surface area (Å²) in [6.07, 6.45) is 4.37. The van der Waals surface area contributed by atoms with E-state index in [1.54, 1.807) is 4.90 Å². The van der Waals surface area contributed by atoms with Gasteiger partial charge in [-0.3, -0.25) is 9.59 Å². The summed E-state index contributed by atoms with van der Waals surface area (Å²) in [5.41, 5.74) is 0. The average Bonchev–Trinajstić information content (AvgIpc) is 2.45. The maximum absolute atomic E-state index is 12.4. The summed E-state index contributed by atoms with van der Waals surface area (Å²) in [4.78, 5) is 26.3. The number of hydrogen-bond acceptors (Lipinski definition) is 3. The lowest BCUT2D eigenvalue weighted by Crippen LogP contribution is -2.52. The molecule has 0 spiro atoms. The van der Waals surface area contributed by atoms with Crippen molar-refractivity contribution in [3.05, 3.63) is 0 Å². The molecule has 1 saturated heterocycles. The van der Waals surface area contributed by atoms with Gasteiger partial charge < -0.3 is 15.5 Å². The molecule has 0 radical (unpaired) electrons. The molecular formula is C16H31N3O2. The predicted octanol–water partition coefficient (Wildman–Crippen LogP) is 1.53. The van der Waals surface area contributed by atoms with E-state index in [1.165, 1.54) is 0 Å². The fourth-order valence-electron chi connectivity index (χ4n) is 2.67. The quantitative estimate of drug-likeness (QED) is 0.635. The fourth-order valence-corrected chi connectivity index (χ4v) is 2.67. The lowest BCUT2D eigenvalue weighted by molar-refractivity contribution is -0.143. The molecule has 5 nitrogen and oxygen atoms in total. The van der Waals surface area contributed by atoms with E-state index in [2.05, 4.69) is 31.4 Å². The zero-order valence-electron chi connectivity index (χ0n) is 13.8. The molecule has 1 unspecified atom stereocenters. The Morgan fingerprint density at radius 1 is 1.24 bits per heavy atom. The topological polar surface area (TPSA) is 61.4 Å². The van der Waals surface area contributed by atoms with Gasteiger partial charge >= 0.3 is 0 Å². The van der Waals surface area contributed by atoms with Gasteiger partial charge in [-0.1, -0.05) is 20.8 Å². The molecule has 0 saturated carbocycles. The van der Waals surface area contributed by atoms with Gasteiger partial charge in [0.05, 0.1) is 0 Å². The maximum Gasteiger partial charge on any atom is 0.242 e. The largest absolute Gasteiger partial charge is 0.353 e. The molecule has 122 valence electrons. The van der Waals surface area contributed by atoms with Crippen LogP contribution in [0.15, 0.2) is 0 Å². The number of carbonyl (C=O) groups is 2. The van der Waals surface area contributed by atoms with Gasteiger partial charge in [0.25, 0.3) is 0 Å². The summed E-state index contributed by atoms with van der Waals surface area (Å²) in [5.74, 6) is 0.525. The molecule has 1 fully saturated rings. The smallest absolute Gasteiger partial charge is 0.242 e. The third kappa shape index (κ3) is 6.46. The van der Waals surface area contributed by atoms with Crippen molar-refractivity contribution in [3.8, 4) is 0 Å². The van der Waals surface area contributed by atoms with Crippen LogP contribution >= 0.6 is 0 Å². The highest BCUT2D eigenvalue weighted by atomic mass is 16.2. The van der Waals surface area contributed by atoms with Gasteiger partial charge in [-0.2, -0.15) is 0 Å². The summed E-state index contributed by atoms with van der Waals surface area (Å²) < 4.78 is 0. The number of nitrogens with zero attached hydrogens (tertiary/aromatic N) is 1. The first kappa shape index (κ1) is 18.0. The second-order valence-electron chi connectivity index (χ2n) is 6.23. The van der Waals surface area contributed by atoms with Crippen LogP contribution in [0.4, 0.5) is 0 Å². The van der Waals surface area contributed by atoms with E-state index in [-0.39, 0.29) is 17.9 Å². The highest BCUT2D eigenvalue weighted by Gasteiger charge is 2.31. The zero-order chi connectivity index (χ0) is 15.7. The second-order valence-corrected chi connectivity index (χ2v) is 6.23. The third-order valence-corrected chi connectivity index (χ3v) is 3.76. The van der Waals surface area contributed by atoms with E-state index in [0.717, 1.165) is 45.3 Å². The van der Waals surface area contributed by atoms with Gasteiger partial charge in [0.2, 0.25) is 11.8 Å². The van der Waals surface area contributed by atoms with Crippen molar-refractivity contribution in [2.75, 3.05) is 26.2 Å². The van der Waals surface area contributed by atoms with Gasteiger partial charge in [-0.15, -0.1) is 0 Å². The summed E-state index contributed by atoms with van der Waals surface area (Å²) in [7, 11) is 0. The third-order valence-electron chi connectivity index (χ3n) is 3.76. The molecule has 2 N–H and O–H groups in total. The monoisotopic (exact) mass is 297 g/mol. The molecule has 0 aromatic rings. The number of amides is 2.